The molecule has 1 aliphatic heterocycles. The van der Waals surface area contributed by atoms with Gasteiger partial charge >= 0.3 is 0 Å². The lowest BCUT2D eigenvalue weighted by molar-refractivity contribution is -0.126. The molecule has 0 radical (unpaired) electrons. The van der Waals surface area contributed by atoms with Gasteiger partial charge in [0.1, 0.15) is 5.78 Å². The molecule has 0 spiro atoms. The first-order chi connectivity index (χ1) is 11.6. The zero-order valence-corrected chi connectivity index (χ0v) is 17.4. The molecule has 0 aromatic rings. The van der Waals surface area contributed by atoms with Crippen LogP contribution in [0.1, 0.15) is 54.4 Å². The van der Waals surface area contributed by atoms with Crippen LogP contribution in [0.5, 0.6) is 0 Å². The van der Waals surface area contributed by atoms with Crippen LogP contribution >= 0.6 is 0 Å². The normalized spacial score (nSPS) is 17.8. The molecule has 1 aliphatic rings. The minimum Gasteiger partial charge on any atom is -0.379 e. The van der Waals surface area contributed by atoms with E-state index in [1.54, 1.807) is 0 Å². The van der Waals surface area contributed by atoms with Gasteiger partial charge < -0.3 is 9.47 Å². The molecule has 25 heavy (non-hydrogen) atoms. The quantitative estimate of drug-likeness (QED) is 0.563. The number of carbonyl (C=O) groups is 1. The lowest BCUT2D eigenvalue weighted by Crippen LogP contribution is -2.53. The minimum atomic E-state index is -0.235. The minimum absolute atomic E-state index is 0.235. The van der Waals surface area contributed by atoms with E-state index in [0.717, 1.165) is 45.8 Å². The molecule has 5 heteroatoms. The molecule has 0 unspecified atom stereocenters. The zero-order valence-electron chi connectivity index (χ0n) is 17.4. The Bertz CT molecular complexity index is 377. The maximum atomic E-state index is 11.8. The Labute approximate surface area is 155 Å². The molecule has 0 atom stereocenters. The third-order valence-electron chi connectivity index (χ3n) is 4.77. The van der Waals surface area contributed by atoms with Crippen molar-refractivity contribution in [3.63, 3.8) is 0 Å². The molecule has 1 rings (SSSR count). The number of hydrogen-bond acceptors (Lipinski definition) is 5. The first kappa shape index (κ1) is 22.6. The van der Waals surface area contributed by atoms with Gasteiger partial charge in [0, 0.05) is 56.7 Å². The Morgan fingerprint density at radius 2 is 1.40 bits per heavy atom. The van der Waals surface area contributed by atoms with Crippen molar-refractivity contribution in [2.75, 3.05) is 59.2 Å². The Kier molecular flexibility index (Phi) is 9.57. The Hall–Kier alpha value is -0.490. The molecule has 0 aliphatic carbocycles. The van der Waals surface area contributed by atoms with Crippen LogP contribution in [-0.2, 0) is 14.3 Å². The fourth-order valence-corrected chi connectivity index (χ4v) is 2.87. The highest BCUT2D eigenvalue weighted by Gasteiger charge is 2.25. The highest BCUT2D eigenvalue weighted by Crippen LogP contribution is 2.17. The highest BCUT2D eigenvalue weighted by molar-refractivity contribution is 5.83. The number of nitrogens with zero attached hydrogens (tertiary/aromatic N) is 2. The van der Waals surface area contributed by atoms with Gasteiger partial charge in [0.05, 0.1) is 19.8 Å². The second kappa shape index (κ2) is 10.6. The van der Waals surface area contributed by atoms with Crippen molar-refractivity contribution in [3.8, 4) is 0 Å². The average Bonchev–Trinajstić information content (AvgIpc) is 2.51. The van der Waals surface area contributed by atoms with Crippen molar-refractivity contribution >= 4 is 5.78 Å². The molecule has 5 nitrogen and oxygen atoms in total. The summed E-state index contributed by atoms with van der Waals surface area (Å²) in [6.07, 6.45) is 1.40. The summed E-state index contributed by atoms with van der Waals surface area (Å²) in [5.74, 6) is 0.305. The number of carbonyl (C=O) groups excluding carboxylic acids is 1. The van der Waals surface area contributed by atoms with Crippen LogP contribution in [0.15, 0.2) is 0 Å². The molecule has 0 bridgehead atoms. The third kappa shape index (κ3) is 9.69. The maximum Gasteiger partial charge on any atom is 0.138 e. The zero-order chi connectivity index (χ0) is 18.9. The topological polar surface area (TPSA) is 42.0 Å². The summed E-state index contributed by atoms with van der Waals surface area (Å²) in [7, 11) is 0. The van der Waals surface area contributed by atoms with Gasteiger partial charge in [-0.25, -0.2) is 0 Å². The number of ether oxygens (including phenoxy) is 2. The van der Waals surface area contributed by atoms with E-state index >= 15 is 0 Å². The SMILES string of the molecule is CC(C)(C)C(=O)CCCOCCOCCN1CCN(C(C)(C)C)CC1. The molecule has 148 valence electrons. The second-order valence-corrected chi connectivity index (χ2v) is 9.00. The van der Waals surface area contributed by atoms with Crippen LogP contribution in [0.25, 0.3) is 0 Å². The van der Waals surface area contributed by atoms with Crippen LogP contribution in [0, 0.1) is 5.41 Å². The first-order valence-corrected chi connectivity index (χ1v) is 9.77. The van der Waals surface area contributed by atoms with Gasteiger partial charge in [0.25, 0.3) is 0 Å². The summed E-state index contributed by atoms with van der Waals surface area (Å²) in [5.41, 5.74) is 0.0406. The van der Waals surface area contributed by atoms with E-state index in [1.807, 2.05) is 20.8 Å². The summed E-state index contributed by atoms with van der Waals surface area (Å²) >= 11 is 0. The van der Waals surface area contributed by atoms with Crippen molar-refractivity contribution < 1.29 is 14.3 Å². The predicted molar refractivity (Wildman–Crippen MR) is 103 cm³/mol. The molecule has 0 N–H and O–H groups in total. The molecule has 1 saturated heterocycles. The number of Topliss-reactive ketones (excluding diaryl/α,β-unsaturated/α-hetero) is 1. The van der Waals surface area contributed by atoms with Crippen molar-refractivity contribution in [2.24, 2.45) is 5.41 Å². The summed E-state index contributed by atoms with van der Waals surface area (Å²) in [5, 5.41) is 0. The maximum absolute atomic E-state index is 11.8. The standard InChI is InChI=1S/C20H40N2O3/c1-19(2,3)18(23)8-7-14-24-16-17-25-15-13-21-9-11-22(12-10-21)20(4,5)6/h7-17H2,1-6H3. The van der Waals surface area contributed by atoms with Crippen molar-refractivity contribution in [1.82, 2.24) is 9.80 Å². The summed E-state index contributed by atoms with van der Waals surface area (Å²) in [6.45, 7) is 20.9. The van der Waals surface area contributed by atoms with E-state index in [9.17, 15) is 4.79 Å². The molecule has 1 heterocycles. The van der Waals surface area contributed by atoms with Crippen molar-refractivity contribution in [1.29, 1.82) is 0 Å². The summed E-state index contributed by atoms with van der Waals surface area (Å²) in [6, 6.07) is 0. The number of rotatable bonds is 10. The fraction of sp³-hybridized carbons (Fsp3) is 0.950. The molecule has 1 fully saturated rings. The van der Waals surface area contributed by atoms with Crippen LogP contribution < -0.4 is 0 Å². The summed E-state index contributed by atoms with van der Waals surface area (Å²) in [4.78, 5) is 16.8. The Balaban J connectivity index is 1.92. The van der Waals surface area contributed by atoms with Crippen molar-refractivity contribution in [2.45, 2.75) is 59.9 Å². The van der Waals surface area contributed by atoms with Crippen LogP contribution in [-0.4, -0.2) is 80.3 Å². The molecular formula is C20H40N2O3. The lowest BCUT2D eigenvalue weighted by atomic mass is 9.88. The molecule has 0 saturated carbocycles. The van der Waals surface area contributed by atoms with Gasteiger partial charge in [0.15, 0.2) is 0 Å². The number of hydrogen-bond donors (Lipinski definition) is 0. The first-order valence-electron chi connectivity index (χ1n) is 9.77. The highest BCUT2D eigenvalue weighted by atomic mass is 16.5. The monoisotopic (exact) mass is 356 g/mol. The van der Waals surface area contributed by atoms with Crippen LogP contribution in [0.3, 0.4) is 0 Å². The number of piperazine rings is 1. The van der Waals surface area contributed by atoms with Gasteiger partial charge in [-0.3, -0.25) is 14.6 Å². The van der Waals surface area contributed by atoms with E-state index in [1.165, 1.54) is 0 Å². The Morgan fingerprint density at radius 1 is 0.840 bits per heavy atom. The van der Waals surface area contributed by atoms with Crippen LogP contribution in [0.2, 0.25) is 0 Å². The number of ketones is 1. The van der Waals surface area contributed by atoms with Gasteiger partial charge in [0.2, 0.25) is 0 Å². The van der Waals surface area contributed by atoms with Crippen molar-refractivity contribution in [3.05, 3.63) is 0 Å². The van der Waals surface area contributed by atoms with Crippen LogP contribution in [0.4, 0.5) is 0 Å². The van der Waals surface area contributed by atoms with E-state index < -0.39 is 0 Å². The van der Waals surface area contributed by atoms with Gasteiger partial charge in [-0.1, -0.05) is 20.8 Å². The Morgan fingerprint density at radius 3 is 1.92 bits per heavy atom. The van der Waals surface area contributed by atoms with E-state index in [0.29, 0.717) is 32.0 Å². The molecular weight excluding hydrogens is 316 g/mol. The second-order valence-electron chi connectivity index (χ2n) is 9.00. The smallest absolute Gasteiger partial charge is 0.138 e. The van der Waals surface area contributed by atoms with Gasteiger partial charge in [-0.05, 0) is 27.2 Å². The largest absolute Gasteiger partial charge is 0.379 e. The fourth-order valence-electron chi connectivity index (χ4n) is 2.87. The molecule has 0 aromatic heterocycles. The van der Waals surface area contributed by atoms with Gasteiger partial charge in [-0.15, -0.1) is 0 Å². The van der Waals surface area contributed by atoms with E-state index in [-0.39, 0.29) is 11.0 Å². The third-order valence-corrected chi connectivity index (χ3v) is 4.77. The van der Waals surface area contributed by atoms with E-state index in [4.69, 9.17) is 9.47 Å². The predicted octanol–water partition coefficient (Wildman–Crippen LogP) is 2.83. The summed E-state index contributed by atoms with van der Waals surface area (Å²) < 4.78 is 11.2. The van der Waals surface area contributed by atoms with Gasteiger partial charge in [-0.2, -0.15) is 0 Å². The lowest BCUT2D eigenvalue weighted by Gasteiger charge is -2.42. The van der Waals surface area contributed by atoms with E-state index in [2.05, 4.69) is 30.6 Å². The molecule has 0 aromatic carbocycles. The average molecular weight is 357 g/mol. The molecule has 0 amide bonds.